The van der Waals surface area contributed by atoms with Crippen LogP contribution in [0.3, 0.4) is 0 Å². The lowest BCUT2D eigenvalue weighted by Gasteiger charge is -2.22. The van der Waals surface area contributed by atoms with Gasteiger partial charge in [0.05, 0.1) is 0 Å². The van der Waals surface area contributed by atoms with Gasteiger partial charge in [-0.15, -0.1) is 0 Å². The first-order valence-electron chi connectivity index (χ1n) is 9.60. The van der Waals surface area contributed by atoms with Gasteiger partial charge in [0, 0.05) is 56.4 Å². The van der Waals surface area contributed by atoms with Crippen molar-refractivity contribution in [1.29, 1.82) is 0 Å². The Labute approximate surface area is 165 Å². The number of aromatic nitrogens is 3. The van der Waals surface area contributed by atoms with Gasteiger partial charge in [-0.3, -0.25) is 9.88 Å². The predicted octanol–water partition coefficient (Wildman–Crippen LogP) is 3.76. The largest absolute Gasteiger partial charge is 0.454 e. The number of benzene rings is 1. The van der Waals surface area contributed by atoms with Crippen LogP contribution in [-0.4, -0.2) is 26.6 Å². The van der Waals surface area contributed by atoms with Crippen molar-refractivity contribution in [3.05, 3.63) is 77.6 Å². The summed E-state index contributed by atoms with van der Waals surface area (Å²) in [4.78, 5) is 15.5. The Morgan fingerprint density at radius 2 is 1.57 bits per heavy atom. The molecule has 0 unspecified atom stereocenters. The van der Waals surface area contributed by atoms with E-state index in [2.05, 4.69) is 38.9 Å². The van der Waals surface area contributed by atoms with E-state index in [0.717, 1.165) is 55.4 Å². The average Bonchev–Trinajstić information content (AvgIpc) is 3.18. The van der Waals surface area contributed by atoms with Gasteiger partial charge in [0.2, 0.25) is 6.79 Å². The lowest BCUT2D eigenvalue weighted by Crippen LogP contribution is -2.22. The molecule has 0 radical (unpaired) electrons. The highest BCUT2D eigenvalue weighted by Gasteiger charge is 2.15. The summed E-state index contributed by atoms with van der Waals surface area (Å²) in [5.41, 5.74) is 3.51. The average molecular weight is 376 g/mol. The zero-order valence-corrected chi connectivity index (χ0v) is 16.0. The summed E-state index contributed by atoms with van der Waals surface area (Å²) >= 11 is 0. The fraction of sp³-hybridized carbons (Fsp3) is 0.318. The molecule has 2 aromatic heterocycles. The number of ether oxygens (including phenoxy) is 2. The highest BCUT2D eigenvalue weighted by Crippen LogP contribution is 2.33. The van der Waals surface area contributed by atoms with Gasteiger partial charge in [0.25, 0.3) is 0 Å². The van der Waals surface area contributed by atoms with Crippen LogP contribution in [0.1, 0.15) is 35.9 Å². The Kier molecular flexibility index (Phi) is 5.77. The number of pyridine rings is 1. The van der Waals surface area contributed by atoms with Crippen molar-refractivity contribution in [2.75, 3.05) is 6.79 Å². The normalized spacial score (nSPS) is 12.5. The van der Waals surface area contributed by atoms with Crippen LogP contribution >= 0.6 is 0 Å². The molecule has 0 aliphatic carbocycles. The summed E-state index contributed by atoms with van der Waals surface area (Å²) < 4.78 is 10.9. The Hall–Kier alpha value is -2.99. The molecule has 144 valence electrons. The van der Waals surface area contributed by atoms with Crippen molar-refractivity contribution in [3.63, 3.8) is 0 Å². The molecule has 0 amide bonds. The molecule has 1 aliphatic heterocycles. The minimum absolute atomic E-state index is 0.293. The molecule has 0 saturated carbocycles. The third kappa shape index (κ3) is 4.64. The molecule has 0 atom stereocenters. The van der Waals surface area contributed by atoms with Gasteiger partial charge >= 0.3 is 0 Å². The Balaban J connectivity index is 1.51. The van der Waals surface area contributed by atoms with E-state index >= 15 is 0 Å². The molecule has 1 aromatic carbocycles. The second-order valence-corrected chi connectivity index (χ2v) is 6.95. The summed E-state index contributed by atoms with van der Waals surface area (Å²) in [6.07, 6.45) is 9.51. The number of aryl methyl sites for hydroxylation is 1. The first kappa shape index (κ1) is 18.4. The molecule has 28 heavy (non-hydrogen) atoms. The maximum atomic E-state index is 5.52. The highest BCUT2D eigenvalue weighted by atomic mass is 16.7. The van der Waals surface area contributed by atoms with E-state index in [1.54, 1.807) is 0 Å². The molecular weight excluding hydrogens is 352 g/mol. The standard InChI is InChI=1S/C22H24N4O2/c1-2-3-22-24-11-19(12-25-22)15-26(13-17-6-8-23-9-7-17)14-18-4-5-20-21(10-18)28-16-27-20/h4-12H,2-3,13-16H2,1H3. The van der Waals surface area contributed by atoms with Gasteiger partial charge in [-0.2, -0.15) is 0 Å². The number of nitrogens with zero attached hydrogens (tertiary/aromatic N) is 4. The minimum Gasteiger partial charge on any atom is -0.454 e. The van der Waals surface area contributed by atoms with Gasteiger partial charge in [-0.05, 0) is 41.8 Å². The second kappa shape index (κ2) is 8.80. The molecule has 3 aromatic rings. The van der Waals surface area contributed by atoms with E-state index in [-0.39, 0.29) is 0 Å². The van der Waals surface area contributed by atoms with Gasteiger partial charge < -0.3 is 9.47 Å². The Morgan fingerprint density at radius 1 is 0.857 bits per heavy atom. The number of hydrogen-bond donors (Lipinski definition) is 0. The first-order chi connectivity index (χ1) is 13.8. The highest BCUT2D eigenvalue weighted by molar-refractivity contribution is 5.44. The summed E-state index contributed by atoms with van der Waals surface area (Å²) in [5.74, 6) is 2.53. The van der Waals surface area contributed by atoms with Gasteiger partial charge in [-0.1, -0.05) is 13.0 Å². The first-order valence-corrected chi connectivity index (χ1v) is 9.60. The molecule has 1 aliphatic rings. The third-order valence-electron chi connectivity index (χ3n) is 4.64. The molecule has 3 heterocycles. The number of fused-ring (bicyclic) bond motifs is 1. The fourth-order valence-corrected chi connectivity index (χ4v) is 3.29. The maximum Gasteiger partial charge on any atom is 0.231 e. The van der Waals surface area contributed by atoms with Crippen LogP contribution in [0.5, 0.6) is 11.5 Å². The van der Waals surface area contributed by atoms with Crippen LogP contribution in [0.15, 0.2) is 55.1 Å². The van der Waals surface area contributed by atoms with Gasteiger partial charge in [-0.25, -0.2) is 9.97 Å². The van der Waals surface area contributed by atoms with Crippen LogP contribution in [0, 0.1) is 0 Å². The smallest absolute Gasteiger partial charge is 0.231 e. The van der Waals surface area contributed by atoms with Crippen molar-refractivity contribution in [2.24, 2.45) is 0 Å². The van der Waals surface area contributed by atoms with E-state index in [1.165, 1.54) is 11.1 Å². The molecule has 6 nitrogen and oxygen atoms in total. The van der Waals surface area contributed by atoms with Crippen LogP contribution < -0.4 is 9.47 Å². The van der Waals surface area contributed by atoms with E-state index in [9.17, 15) is 0 Å². The third-order valence-corrected chi connectivity index (χ3v) is 4.64. The fourth-order valence-electron chi connectivity index (χ4n) is 3.29. The van der Waals surface area contributed by atoms with Crippen molar-refractivity contribution in [1.82, 2.24) is 19.9 Å². The molecule has 0 N–H and O–H groups in total. The summed E-state index contributed by atoms with van der Waals surface area (Å²) in [6.45, 7) is 4.80. The molecule has 0 spiro atoms. The zero-order chi connectivity index (χ0) is 19.2. The minimum atomic E-state index is 0.293. The van der Waals surface area contributed by atoms with E-state index < -0.39 is 0 Å². The SMILES string of the molecule is CCCc1ncc(CN(Cc2ccncc2)Cc2ccc3c(c2)OCO3)cn1. The lowest BCUT2D eigenvalue weighted by atomic mass is 10.1. The maximum absolute atomic E-state index is 5.52. The Morgan fingerprint density at radius 3 is 2.36 bits per heavy atom. The summed E-state index contributed by atoms with van der Waals surface area (Å²) in [7, 11) is 0. The van der Waals surface area contributed by atoms with Crippen LogP contribution in [0.4, 0.5) is 0 Å². The summed E-state index contributed by atoms with van der Waals surface area (Å²) in [6, 6.07) is 10.2. The zero-order valence-electron chi connectivity index (χ0n) is 16.0. The molecule has 6 heteroatoms. The van der Waals surface area contributed by atoms with Crippen molar-refractivity contribution in [2.45, 2.75) is 39.4 Å². The molecular formula is C22H24N4O2. The topological polar surface area (TPSA) is 60.4 Å². The van der Waals surface area contributed by atoms with Crippen LogP contribution in [0.2, 0.25) is 0 Å². The van der Waals surface area contributed by atoms with E-state index in [4.69, 9.17) is 9.47 Å². The molecule has 4 rings (SSSR count). The monoisotopic (exact) mass is 376 g/mol. The molecule has 0 fully saturated rings. The van der Waals surface area contributed by atoms with Crippen molar-refractivity contribution in [3.8, 4) is 11.5 Å². The van der Waals surface area contributed by atoms with Gasteiger partial charge in [0.1, 0.15) is 5.82 Å². The molecule has 0 saturated heterocycles. The van der Waals surface area contributed by atoms with Gasteiger partial charge in [0.15, 0.2) is 11.5 Å². The Bertz CT molecular complexity index is 900. The van der Waals surface area contributed by atoms with Crippen molar-refractivity contribution >= 4 is 0 Å². The second-order valence-electron chi connectivity index (χ2n) is 6.95. The van der Waals surface area contributed by atoms with Crippen LogP contribution in [0.25, 0.3) is 0 Å². The van der Waals surface area contributed by atoms with Crippen LogP contribution in [-0.2, 0) is 26.1 Å². The van der Waals surface area contributed by atoms with E-state index in [0.29, 0.717) is 6.79 Å². The summed E-state index contributed by atoms with van der Waals surface area (Å²) in [5, 5.41) is 0. The number of hydrogen-bond acceptors (Lipinski definition) is 6. The van der Waals surface area contributed by atoms with Crippen molar-refractivity contribution < 1.29 is 9.47 Å². The lowest BCUT2D eigenvalue weighted by molar-refractivity contribution is 0.174. The number of rotatable bonds is 8. The van der Waals surface area contributed by atoms with E-state index in [1.807, 2.05) is 43.0 Å². The molecule has 0 bridgehead atoms. The quantitative estimate of drug-likeness (QED) is 0.597. The predicted molar refractivity (Wildman–Crippen MR) is 106 cm³/mol.